The molecule has 0 radical (unpaired) electrons. The number of hydrogen-bond donors (Lipinski definition) is 1. The van der Waals surface area contributed by atoms with E-state index in [0.717, 1.165) is 23.9 Å². The molecule has 3 rings (SSSR count). The molecule has 0 aliphatic rings. The molecular formula is C19H16ClF3N4O. The van der Waals surface area contributed by atoms with Crippen LogP contribution in [0.15, 0.2) is 48.8 Å². The molecule has 1 aromatic carbocycles. The fourth-order valence-electron chi connectivity index (χ4n) is 2.79. The van der Waals surface area contributed by atoms with Gasteiger partial charge in [-0.2, -0.15) is 18.3 Å². The van der Waals surface area contributed by atoms with E-state index in [1.165, 1.54) is 0 Å². The first-order chi connectivity index (χ1) is 13.2. The van der Waals surface area contributed by atoms with Gasteiger partial charge in [-0.3, -0.25) is 4.79 Å². The van der Waals surface area contributed by atoms with Crippen LogP contribution in [0.4, 0.5) is 13.2 Å². The van der Waals surface area contributed by atoms with Crippen molar-refractivity contribution in [3.05, 3.63) is 76.2 Å². The van der Waals surface area contributed by atoms with Crippen LogP contribution in [0.3, 0.4) is 0 Å². The molecule has 0 aliphatic carbocycles. The van der Waals surface area contributed by atoms with Gasteiger partial charge in [-0.05, 0) is 44.2 Å². The predicted octanol–water partition coefficient (Wildman–Crippen LogP) is 4.74. The highest BCUT2D eigenvalue weighted by molar-refractivity contribution is 6.33. The van der Waals surface area contributed by atoms with Crippen LogP contribution in [0.5, 0.6) is 0 Å². The van der Waals surface area contributed by atoms with Gasteiger partial charge in [0, 0.05) is 17.5 Å². The number of carbonyl (C=O) groups is 1. The molecule has 28 heavy (non-hydrogen) atoms. The minimum Gasteiger partial charge on any atom is -0.345 e. The highest BCUT2D eigenvalue weighted by Gasteiger charge is 2.32. The van der Waals surface area contributed by atoms with Gasteiger partial charge in [0.2, 0.25) is 0 Å². The lowest BCUT2D eigenvalue weighted by molar-refractivity contribution is -0.137. The van der Waals surface area contributed by atoms with Crippen LogP contribution in [0.1, 0.15) is 40.1 Å². The molecule has 0 saturated heterocycles. The summed E-state index contributed by atoms with van der Waals surface area (Å²) in [5.74, 6) is -0.0840. The number of carbonyl (C=O) groups excluding carboxylic acids is 1. The average Bonchev–Trinajstić information content (AvgIpc) is 3.03. The number of nitrogens with one attached hydrogen (secondary N) is 1. The van der Waals surface area contributed by atoms with Gasteiger partial charge in [-0.1, -0.05) is 17.7 Å². The molecule has 146 valence electrons. The van der Waals surface area contributed by atoms with Gasteiger partial charge in [-0.15, -0.1) is 0 Å². The van der Waals surface area contributed by atoms with Crippen molar-refractivity contribution in [3.8, 4) is 5.82 Å². The second-order valence-electron chi connectivity index (χ2n) is 6.17. The van der Waals surface area contributed by atoms with Crippen LogP contribution in [0, 0.1) is 6.92 Å². The minimum atomic E-state index is -4.56. The van der Waals surface area contributed by atoms with E-state index in [9.17, 15) is 18.0 Å². The molecule has 3 aromatic rings. The van der Waals surface area contributed by atoms with Crippen LogP contribution in [0.25, 0.3) is 5.82 Å². The number of aromatic nitrogens is 3. The van der Waals surface area contributed by atoms with Crippen LogP contribution in [-0.4, -0.2) is 20.7 Å². The molecule has 9 heteroatoms. The number of hydrogen-bond acceptors (Lipinski definition) is 3. The van der Waals surface area contributed by atoms with Crippen molar-refractivity contribution in [2.24, 2.45) is 0 Å². The summed E-state index contributed by atoms with van der Waals surface area (Å²) in [5.41, 5.74) is 0.288. The van der Waals surface area contributed by atoms with E-state index >= 15 is 0 Å². The Morgan fingerprint density at radius 2 is 2.00 bits per heavy atom. The lowest BCUT2D eigenvalue weighted by Crippen LogP contribution is -2.27. The van der Waals surface area contributed by atoms with E-state index in [-0.39, 0.29) is 10.6 Å². The summed E-state index contributed by atoms with van der Waals surface area (Å²) in [6, 6.07) is 7.53. The quantitative estimate of drug-likeness (QED) is 0.678. The number of halogens is 4. The van der Waals surface area contributed by atoms with Gasteiger partial charge in [0.25, 0.3) is 5.91 Å². The van der Waals surface area contributed by atoms with Crippen LogP contribution >= 0.6 is 11.6 Å². The lowest BCUT2D eigenvalue weighted by Gasteiger charge is -2.16. The molecule has 1 atom stereocenters. The molecule has 0 unspecified atom stereocenters. The Kier molecular flexibility index (Phi) is 5.42. The SMILES string of the molecule is Cc1c([C@H](C)NC(=O)c2cc(C(F)(F)F)ccc2Cl)cnn1-c1ccccn1. The van der Waals surface area contributed by atoms with Crippen molar-refractivity contribution in [1.29, 1.82) is 0 Å². The normalized spacial score (nSPS) is 12.6. The molecule has 1 amide bonds. The highest BCUT2D eigenvalue weighted by Crippen LogP contribution is 2.32. The van der Waals surface area contributed by atoms with E-state index in [1.54, 1.807) is 36.1 Å². The third-order valence-electron chi connectivity index (χ3n) is 4.27. The average molecular weight is 409 g/mol. The topological polar surface area (TPSA) is 59.8 Å². The van der Waals surface area contributed by atoms with Gasteiger partial charge < -0.3 is 5.32 Å². The lowest BCUT2D eigenvalue weighted by atomic mass is 10.1. The number of alkyl halides is 3. The fraction of sp³-hybridized carbons (Fsp3) is 0.211. The van der Waals surface area contributed by atoms with Crippen molar-refractivity contribution in [2.45, 2.75) is 26.1 Å². The third-order valence-corrected chi connectivity index (χ3v) is 4.60. The molecule has 2 aromatic heterocycles. The van der Waals surface area contributed by atoms with E-state index < -0.39 is 23.7 Å². The zero-order chi connectivity index (χ0) is 20.5. The first-order valence-corrected chi connectivity index (χ1v) is 8.70. The summed E-state index contributed by atoms with van der Waals surface area (Å²) < 4.78 is 40.4. The molecule has 0 bridgehead atoms. The minimum absolute atomic E-state index is 0.0568. The summed E-state index contributed by atoms with van der Waals surface area (Å²) in [5, 5.41) is 6.90. The first-order valence-electron chi connectivity index (χ1n) is 8.32. The van der Waals surface area contributed by atoms with Crippen molar-refractivity contribution in [1.82, 2.24) is 20.1 Å². The number of amides is 1. The maximum atomic E-state index is 12.9. The Hall–Kier alpha value is -2.87. The maximum absolute atomic E-state index is 12.9. The molecule has 0 spiro atoms. The Balaban J connectivity index is 1.83. The zero-order valence-electron chi connectivity index (χ0n) is 15.0. The summed E-state index contributed by atoms with van der Waals surface area (Å²) in [6.07, 6.45) is -1.34. The first kappa shape index (κ1) is 19.9. The Morgan fingerprint density at radius 1 is 1.25 bits per heavy atom. The maximum Gasteiger partial charge on any atom is 0.416 e. The standard InChI is InChI=1S/C19H16ClF3N4O/c1-11(15-10-25-27(12(15)2)17-5-3-4-8-24-17)26-18(28)14-9-13(19(21,22)23)6-7-16(14)20/h3-11H,1-2H3,(H,26,28)/t11-/m0/s1. The van der Waals surface area contributed by atoms with Gasteiger partial charge in [0.05, 0.1) is 28.4 Å². The molecule has 5 nitrogen and oxygen atoms in total. The molecular weight excluding hydrogens is 393 g/mol. The molecule has 1 N–H and O–H groups in total. The Labute approximate surface area is 164 Å². The Morgan fingerprint density at radius 3 is 2.64 bits per heavy atom. The predicted molar refractivity (Wildman–Crippen MR) is 98.4 cm³/mol. The second kappa shape index (κ2) is 7.63. The smallest absolute Gasteiger partial charge is 0.345 e. The molecule has 0 fully saturated rings. The van der Waals surface area contributed by atoms with Gasteiger partial charge in [-0.25, -0.2) is 9.67 Å². The van der Waals surface area contributed by atoms with Crippen molar-refractivity contribution >= 4 is 17.5 Å². The summed E-state index contributed by atoms with van der Waals surface area (Å²) in [4.78, 5) is 16.7. The summed E-state index contributed by atoms with van der Waals surface area (Å²) in [7, 11) is 0. The van der Waals surface area contributed by atoms with Crippen LogP contribution in [-0.2, 0) is 6.18 Å². The molecule has 0 aliphatic heterocycles. The van der Waals surface area contributed by atoms with E-state index in [0.29, 0.717) is 11.4 Å². The van der Waals surface area contributed by atoms with E-state index in [2.05, 4.69) is 15.4 Å². The number of pyridine rings is 1. The number of nitrogens with zero attached hydrogens (tertiary/aromatic N) is 3. The second-order valence-corrected chi connectivity index (χ2v) is 6.58. The van der Waals surface area contributed by atoms with Gasteiger partial charge in [0.1, 0.15) is 0 Å². The summed E-state index contributed by atoms with van der Waals surface area (Å²) in [6.45, 7) is 3.53. The fourth-order valence-corrected chi connectivity index (χ4v) is 2.99. The van der Waals surface area contributed by atoms with Crippen molar-refractivity contribution < 1.29 is 18.0 Å². The Bertz CT molecular complexity index is 1000. The number of benzene rings is 1. The highest BCUT2D eigenvalue weighted by atomic mass is 35.5. The van der Waals surface area contributed by atoms with Crippen molar-refractivity contribution in [3.63, 3.8) is 0 Å². The largest absolute Gasteiger partial charge is 0.416 e. The zero-order valence-corrected chi connectivity index (χ0v) is 15.7. The molecule has 0 saturated carbocycles. The van der Waals surface area contributed by atoms with Gasteiger partial charge >= 0.3 is 6.18 Å². The van der Waals surface area contributed by atoms with Crippen LogP contribution < -0.4 is 5.32 Å². The molecule has 2 heterocycles. The van der Waals surface area contributed by atoms with E-state index in [1.807, 2.05) is 13.0 Å². The van der Waals surface area contributed by atoms with Crippen molar-refractivity contribution in [2.75, 3.05) is 0 Å². The van der Waals surface area contributed by atoms with Gasteiger partial charge in [0.15, 0.2) is 5.82 Å². The monoisotopic (exact) mass is 408 g/mol. The number of rotatable bonds is 4. The summed E-state index contributed by atoms with van der Waals surface area (Å²) >= 11 is 5.93. The van der Waals surface area contributed by atoms with E-state index in [4.69, 9.17) is 11.6 Å². The third kappa shape index (κ3) is 4.01. The van der Waals surface area contributed by atoms with Crippen LogP contribution in [0.2, 0.25) is 5.02 Å².